The van der Waals surface area contributed by atoms with Crippen LogP contribution >= 0.6 is 11.3 Å². The molecule has 1 saturated heterocycles. The van der Waals surface area contributed by atoms with Crippen LogP contribution in [0.4, 0.5) is 5.69 Å². The zero-order valence-electron chi connectivity index (χ0n) is 23.4. The fourth-order valence-corrected chi connectivity index (χ4v) is 7.05. The number of rotatable bonds is 10. The number of nitrogens with one attached hydrogen (secondary N) is 1. The fourth-order valence-electron chi connectivity index (χ4n) is 6.24. The normalized spacial score (nSPS) is 17.0. The number of nitrogens with zero attached hydrogens (tertiary/aromatic N) is 2. The number of quaternary nitrogens is 1. The first kappa shape index (κ1) is 29.8. The number of carbonyl (C=O) groups excluding carboxylic acids is 1. The van der Waals surface area contributed by atoms with Gasteiger partial charge in [0.25, 0.3) is 0 Å². The van der Waals surface area contributed by atoms with E-state index in [2.05, 4.69) is 39.5 Å². The van der Waals surface area contributed by atoms with Gasteiger partial charge in [0, 0.05) is 27.9 Å². The van der Waals surface area contributed by atoms with Crippen molar-refractivity contribution in [2.45, 2.75) is 38.5 Å². The summed E-state index contributed by atoms with van der Waals surface area (Å²) in [6.45, 7) is 5.84. The van der Waals surface area contributed by atoms with Crippen molar-refractivity contribution >= 4 is 44.0 Å². The number of pyridine rings is 1. The van der Waals surface area contributed by atoms with E-state index >= 15 is 0 Å². The number of hydrogen-bond donors (Lipinski definition) is 1. The average Bonchev–Trinajstić information content (AvgIpc) is 3.69. The maximum Gasteiger partial charge on any atom is 0.313 e. The minimum atomic E-state index is -0.112. The number of ether oxygens (including phenoxy) is 2. The van der Waals surface area contributed by atoms with E-state index in [9.17, 15) is 9.59 Å². The largest absolute Gasteiger partial charge is 1.00 e. The molecule has 2 aliphatic rings. The molecule has 0 unspecified atom stereocenters. The number of aromatic nitrogens is 1. The standard InChI is InChI=1S/C32H37N3O4S.HI/c36-31-13-11-24-10-12-26(22-28(24)33-31)38-20-4-3-17-35(23-39-32(37)25-6-1-2-7-25)18-15-34(16-19-35)29-8-5-9-30-27(29)14-21-40-30;/h5,8-14,21-22,25H,1-4,6-7,15-20,23H2;1H. The van der Waals surface area contributed by atoms with E-state index < -0.39 is 0 Å². The van der Waals surface area contributed by atoms with Crippen molar-refractivity contribution in [3.63, 3.8) is 0 Å². The Morgan fingerprint density at radius 3 is 2.66 bits per heavy atom. The number of anilines is 1. The molecule has 1 saturated carbocycles. The predicted octanol–water partition coefficient (Wildman–Crippen LogP) is 2.93. The highest BCUT2D eigenvalue weighted by Crippen LogP contribution is 2.32. The summed E-state index contributed by atoms with van der Waals surface area (Å²) in [6.07, 6.45) is 6.12. The number of esters is 1. The van der Waals surface area contributed by atoms with Gasteiger partial charge in [-0.05, 0) is 72.8 Å². The second kappa shape index (κ2) is 13.6. The van der Waals surface area contributed by atoms with Crippen LogP contribution in [0.2, 0.25) is 0 Å². The summed E-state index contributed by atoms with van der Waals surface area (Å²) in [4.78, 5) is 29.8. The van der Waals surface area contributed by atoms with Crippen molar-refractivity contribution in [2.24, 2.45) is 5.92 Å². The van der Waals surface area contributed by atoms with Gasteiger partial charge in [0.1, 0.15) is 5.75 Å². The summed E-state index contributed by atoms with van der Waals surface area (Å²) < 4.78 is 14.2. The number of fused-ring (bicyclic) bond motifs is 2. The Balaban J connectivity index is 0.00000337. The minimum Gasteiger partial charge on any atom is -1.00 e. The molecule has 0 spiro atoms. The van der Waals surface area contributed by atoms with E-state index in [1.807, 2.05) is 24.3 Å². The number of piperazine rings is 1. The van der Waals surface area contributed by atoms with E-state index in [0.29, 0.717) is 13.3 Å². The first-order chi connectivity index (χ1) is 19.6. The van der Waals surface area contributed by atoms with Gasteiger partial charge in [-0.3, -0.25) is 14.1 Å². The first-order valence-electron chi connectivity index (χ1n) is 14.6. The average molecular weight is 688 g/mol. The van der Waals surface area contributed by atoms with Crippen LogP contribution in [0.1, 0.15) is 38.5 Å². The molecule has 0 radical (unpaired) electrons. The third kappa shape index (κ3) is 7.06. The summed E-state index contributed by atoms with van der Waals surface area (Å²) in [5.74, 6) is 0.848. The van der Waals surface area contributed by atoms with Crippen molar-refractivity contribution in [3.05, 3.63) is 70.3 Å². The third-order valence-electron chi connectivity index (χ3n) is 8.66. The lowest BCUT2D eigenvalue weighted by Gasteiger charge is -2.45. The van der Waals surface area contributed by atoms with Crippen LogP contribution in [0, 0.1) is 5.92 Å². The second-order valence-electron chi connectivity index (χ2n) is 11.3. The van der Waals surface area contributed by atoms with E-state index in [1.54, 1.807) is 11.3 Å². The van der Waals surface area contributed by atoms with Crippen molar-refractivity contribution in [2.75, 3.05) is 51.0 Å². The topological polar surface area (TPSA) is 71.6 Å². The van der Waals surface area contributed by atoms with E-state index in [1.165, 1.54) is 21.8 Å². The van der Waals surface area contributed by atoms with Crippen molar-refractivity contribution in [3.8, 4) is 5.75 Å². The molecule has 2 aromatic carbocycles. The van der Waals surface area contributed by atoms with Crippen LogP contribution in [0.5, 0.6) is 5.75 Å². The highest BCUT2D eigenvalue weighted by atomic mass is 127. The van der Waals surface area contributed by atoms with Crippen LogP contribution in [0.25, 0.3) is 21.0 Å². The molecular weight excluding hydrogens is 649 g/mol. The molecule has 3 heterocycles. The molecule has 218 valence electrons. The molecular formula is C32H38IN3O4S. The van der Waals surface area contributed by atoms with Crippen molar-refractivity contribution < 1.29 is 42.7 Å². The number of carbonyl (C=O) groups is 1. The smallest absolute Gasteiger partial charge is 0.313 e. The molecule has 2 aromatic heterocycles. The molecule has 6 rings (SSSR count). The van der Waals surface area contributed by atoms with Gasteiger partial charge in [-0.1, -0.05) is 18.9 Å². The fraction of sp³-hybridized carbons (Fsp3) is 0.438. The lowest BCUT2D eigenvalue weighted by Crippen LogP contribution is -3.00. The van der Waals surface area contributed by atoms with Gasteiger partial charge in [-0.15, -0.1) is 11.3 Å². The number of halogens is 1. The van der Waals surface area contributed by atoms with Crippen LogP contribution in [0.15, 0.2) is 64.8 Å². The Kier molecular flexibility index (Phi) is 9.87. The van der Waals surface area contributed by atoms with Crippen molar-refractivity contribution in [1.82, 2.24) is 4.98 Å². The van der Waals surface area contributed by atoms with Crippen LogP contribution in [-0.4, -0.2) is 61.5 Å². The molecule has 0 atom stereocenters. The monoisotopic (exact) mass is 687 g/mol. The predicted molar refractivity (Wildman–Crippen MR) is 161 cm³/mol. The lowest BCUT2D eigenvalue weighted by molar-refractivity contribution is -0.944. The molecule has 9 heteroatoms. The SMILES string of the molecule is O=C(OC[N+]1(CCCCOc2ccc3ccc(=O)[nH]c3c2)CCN(c2cccc3sccc23)CC1)C1CCCC1.[I-]. The Morgan fingerprint density at radius 1 is 1.02 bits per heavy atom. The Labute approximate surface area is 262 Å². The van der Waals surface area contributed by atoms with Gasteiger partial charge in [-0.25, -0.2) is 0 Å². The van der Waals surface area contributed by atoms with Gasteiger partial charge < -0.3 is 43.3 Å². The number of unbranched alkanes of at least 4 members (excludes halogenated alkanes) is 1. The summed E-state index contributed by atoms with van der Waals surface area (Å²) >= 11 is 1.79. The van der Waals surface area contributed by atoms with Crippen LogP contribution in [-0.2, 0) is 9.53 Å². The highest BCUT2D eigenvalue weighted by Gasteiger charge is 2.35. The molecule has 0 bridgehead atoms. The van der Waals surface area contributed by atoms with Crippen LogP contribution < -0.4 is 39.2 Å². The van der Waals surface area contributed by atoms with Crippen molar-refractivity contribution in [1.29, 1.82) is 0 Å². The van der Waals surface area contributed by atoms with Gasteiger partial charge in [-0.2, -0.15) is 0 Å². The quantitative estimate of drug-likeness (QED) is 0.120. The van der Waals surface area contributed by atoms with E-state index in [0.717, 1.165) is 92.4 Å². The molecule has 1 aliphatic heterocycles. The van der Waals surface area contributed by atoms with Gasteiger partial charge >= 0.3 is 5.97 Å². The second-order valence-corrected chi connectivity index (χ2v) is 12.3. The molecule has 1 aliphatic carbocycles. The summed E-state index contributed by atoms with van der Waals surface area (Å²) in [5, 5.41) is 4.48. The zero-order chi connectivity index (χ0) is 27.4. The Morgan fingerprint density at radius 2 is 1.83 bits per heavy atom. The van der Waals surface area contributed by atoms with Gasteiger partial charge in [0.2, 0.25) is 12.3 Å². The maximum atomic E-state index is 12.8. The molecule has 1 N–H and O–H groups in total. The number of benzene rings is 2. The Bertz CT molecular complexity index is 1520. The molecule has 4 aromatic rings. The summed E-state index contributed by atoms with van der Waals surface area (Å²) in [6, 6.07) is 18.0. The van der Waals surface area contributed by atoms with Gasteiger partial charge in [0.15, 0.2) is 0 Å². The van der Waals surface area contributed by atoms with E-state index in [-0.39, 0.29) is 41.4 Å². The zero-order valence-corrected chi connectivity index (χ0v) is 26.3. The van der Waals surface area contributed by atoms with Crippen LogP contribution in [0.3, 0.4) is 0 Å². The molecule has 41 heavy (non-hydrogen) atoms. The summed E-state index contributed by atoms with van der Waals surface area (Å²) in [5.41, 5.74) is 1.98. The number of hydrogen-bond acceptors (Lipinski definition) is 6. The maximum absolute atomic E-state index is 12.8. The molecule has 0 amide bonds. The Hall–Kier alpha value is -2.63. The molecule has 7 nitrogen and oxygen atoms in total. The van der Waals surface area contributed by atoms with Gasteiger partial charge in [0.05, 0.1) is 50.8 Å². The lowest BCUT2D eigenvalue weighted by atomic mass is 10.1. The number of H-pyrrole nitrogens is 1. The van der Waals surface area contributed by atoms with E-state index in [4.69, 9.17) is 9.47 Å². The number of aromatic amines is 1. The third-order valence-corrected chi connectivity index (χ3v) is 9.55. The minimum absolute atomic E-state index is 0. The highest BCUT2D eigenvalue weighted by molar-refractivity contribution is 7.17. The number of thiophene rings is 1. The summed E-state index contributed by atoms with van der Waals surface area (Å²) in [7, 11) is 0. The molecule has 2 fully saturated rings. The first-order valence-corrected chi connectivity index (χ1v) is 15.5.